The summed E-state index contributed by atoms with van der Waals surface area (Å²) in [6, 6.07) is 0.517. The van der Waals surface area contributed by atoms with Crippen LogP contribution in [-0.2, 0) is 9.53 Å². The molecule has 0 bridgehead atoms. The van der Waals surface area contributed by atoms with Crippen LogP contribution in [0.5, 0.6) is 0 Å². The summed E-state index contributed by atoms with van der Waals surface area (Å²) < 4.78 is 4.91. The van der Waals surface area contributed by atoms with Crippen molar-refractivity contribution in [1.82, 2.24) is 15.5 Å². The first-order valence-corrected chi connectivity index (χ1v) is 6.48. The molecule has 1 amide bonds. The van der Waals surface area contributed by atoms with Crippen LogP contribution in [0.3, 0.4) is 0 Å². The standard InChI is InChI=1S/C12H25N3O2/c1-3-7-15(11-4-5-13-9-11)10-12(16)14-6-8-17-2/h11,13H,3-10H2,1-2H3,(H,14,16). The van der Waals surface area contributed by atoms with Gasteiger partial charge >= 0.3 is 0 Å². The van der Waals surface area contributed by atoms with Gasteiger partial charge in [0.1, 0.15) is 0 Å². The maximum absolute atomic E-state index is 11.7. The SMILES string of the molecule is CCCN(CC(=O)NCCOC)C1CCNC1. The lowest BCUT2D eigenvalue weighted by molar-refractivity contribution is -0.122. The molecule has 1 aliphatic rings. The fourth-order valence-electron chi connectivity index (χ4n) is 2.16. The van der Waals surface area contributed by atoms with E-state index in [4.69, 9.17) is 4.74 Å². The van der Waals surface area contributed by atoms with Crippen LogP contribution in [0.2, 0.25) is 0 Å². The minimum atomic E-state index is 0.0994. The summed E-state index contributed by atoms with van der Waals surface area (Å²) >= 11 is 0. The van der Waals surface area contributed by atoms with E-state index in [9.17, 15) is 4.79 Å². The molecule has 0 aromatic rings. The van der Waals surface area contributed by atoms with Gasteiger partial charge in [-0.15, -0.1) is 0 Å². The molecule has 5 heteroatoms. The first kappa shape index (κ1) is 14.4. The van der Waals surface area contributed by atoms with Crippen molar-refractivity contribution in [2.75, 3.05) is 46.4 Å². The molecule has 100 valence electrons. The molecule has 2 N–H and O–H groups in total. The minimum Gasteiger partial charge on any atom is -0.383 e. The molecule has 1 atom stereocenters. The normalized spacial score (nSPS) is 19.8. The molecule has 1 saturated heterocycles. The molecule has 5 nitrogen and oxygen atoms in total. The topological polar surface area (TPSA) is 53.6 Å². The summed E-state index contributed by atoms with van der Waals surface area (Å²) in [5, 5.41) is 6.21. The summed E-state index contributed by atoms with van der Waals surface area (Å²) in [7, 11) is 1.64. The van der Waals surface area contributed by atoms with Gasteiger partial charge in [0, 0.05) is 26.2 Å². The van der Waals surface area contributed by atoms with Crippen molar-refractivity contribution in [3.8, 4) is 0 Å². The van der Waals surface area contributed by atoms with E-state index in [-0.39, 0.29) is 5.91 Å². The maximum atomic E-state index is 11.7. The van der Waals surface area contributed by atoms with E-state index in [0.717, 1.165) is 32.5 Å². The number of nitrogens with zero attached hydrogens (tertiary/aromatic N) is 1. The first-order valence-electron chi connectivity index (χ1n) is 6.48. The summed E-state index contributed by atoms with van der Waals surface area (Å²) in [4.78, 5) is 14.0. The van der Waals surface area contributed by atoms with Crippen molar-refractivity contribution in [1.29, 1.82) is 0 Å². The lowest BCUT2D eigenvalue weighted by atomic mass is 10.2. The van der Waals surface area contributed by atoms with Gasteiger partial charge in [-0.2, -0.15) is 0 Å². The quantitative estimate of drug-likeness (QED) is 0.581. The van der Waals surface area contributed by atoms with E-state index in [1.807, 2.05) is 0 Å². The van der Waals surface area contributed by atoms with Crippen LogP contribution in [0, 0.1) is 0 Å². The van der Waals surface area contributed by atoms with Gasteiger partial charge in [-0.25, -0.2) is 0 Å². The molecular formula is C12H25N3O2. The number of methoxy groups -OCH3 is 1. The third-order valence-electron chi connectivity index (χ3n) is 3.04. The molecule has 1 heterocycles. The predicted octanol–water partition coefficient (Wildman–Crippen LogP) is -0.177. The van der Waals surface area contributed by atoms with Gasteiger partial charge in [0.15, 0.2) is 0 Å². The van der Waals surface area contributed by atoms with E-state index < -0.39 is 0 Å². The first-order chi connectivity index (χ1) is 8.27. The highest BCUT2D eigenvalue weighted by atomic mass is 16.5. The Labute approximate surface area is 104 Å². The monoisotopic (exact) mass is 243 g/mol. The fraction of sp³-hybridized carbons (Fsp3) is 0.917. The number of rotatable bonds is 8. The predicted molar refractivity (Wildman–Crippen MR) is 68.0 cm³/mol. The van der Waals surface area contributed by atoms with Crippen LogP contribution in [-0.4, -0.2) is 63.3 Å². The van der Waals surface area contributed by atoms with E-state index in [0.29, 0.717) is 25.7 Å². The zero-order chi connectivity index (χ0) is 12.5. The number of hydrogen-bond donors (Lipinski definition) is 2. The highest BCUT2D eigenvalue weighted by Gasteiger charge is 2.23. The highest BCUT2D eigenvalue weighted by Crippen LogP contribution is 2.08. The molecule has 0 radical (unpaired) electrons. The molecule has 1 rings (SSSR count). The van der Waals surface area contributed by atoms with Crippen molar-refractivity contribution in [2.45, 2.75) is 25.8 Å². The number of carbonyl (C=O) groups is 1. The van der Waals surface area contributed by atoms with E-state index >= 15 is 0 Å². The smallest absolute Gasteiger partial charge is 0.234 e. The lowest BCUT2D eigenvalue weighted by Gasteiger charge is -2.27. The van der Waals surface area contributed by atoms with Gasteiger partial charge in [-0.05, 0) is 25.9 Å². The molecule has 0 saturated carbocycles. The second-order valence-electron chi connectivity index (χ2n) is 4.46. The Balaban J connectivity index is 2.29. The van der Waals surface area contributed by atoms with Crippen molar-refractivity contribution >= 4 is 5.91 Å². The molecular weight excluding hydrogens is 218 g/mol. The molecule has 1 unspecified atom stereocenters. The van der Waals surface area contributed by atoms with E-state index in [1.165, 1.54) is 0 Å². The van der Waals surface area contributed by atoms with Gasteiger partial charge in [-0.3, -0.25) is 9.69 Å². The summed E-state index contributed by atoms with van der Waals surface area (Å²) in [6.45, 7) is 6.89. The number of ether oxygens (including phenoxy) is 1. The Hall–Kier alpha value is -0.650. The lowest BCUT2D eigenvalue weighted by Crippen LogP contribution is -2.44. The Morgan fingerprint density at radius 3 is 3.00 bits per heavy atom. The van der Waals surface area contributed by atoms with Gasteiger partial charge in [0.2, 0.25) is 5.91 Å². The van der Waals surface area contributed by atoms with Crippen molar-refractivity contribution in [2.24, 2.45) is 0 Å². The van der Waals surface area contributed by atoms with Gasteiger partial charge < -0.3 is 15.4 Å². The molecule has 0 aromatic heterocycles. The summed E-state index contributed by atoms with van der Waals surface area (Å²) in [5.41, 5.74) is 0. The largest absolute Gasteiger partial charge is 0.383 e. The Bertz CT molecular complexity index is 218. The van der Waals surface area contributed by atoms with Crippen LogP contribution in [0.1, 0.15) is 19.8 Å². The molecule has 1 fully saturated rings. The molecule has 17 heavy (non-hydrogen) atoms. The van der Waals surface area contributed by atoms with Crippen molar-refractivity contribution < 1.29 is 9.53 Å². The minimum absolute atomic E-state index is 0.0994. The maximum Gasteiger partial charge on any atom is 0.234 e. The number of hydrogen-bond acceptors (Lipinski definition) is 4. The van der Waals surface area contributed by atoms with Crippen LogP contribution in [0.25, 0.3) is 0 Å². The van der Waals surface area contributed by atoms with Gasteiger partial charge in [-0.1, -0.05) is 6.92 Å². The number of amides is 1. The van der Waals surface area contributed by atoms with Crippen LogP contribution < -0.4 is 10.6 Å². The average Bonchev–Trinajstić information content (AvgIpc) is 2.82. The van der Waals surface area contributed by atoms with E-state index in [2.05, 4.69) is 22.5 Å². The third-order valence-corrected chi connectivity index (χ3v) is 3.04. The van der Waals surface area contributed by atoms with Crippen LogP contribution in [0.15, 0.2) is 0 Å². The summed E-state index contributed by atoms with van der Waals surface area (Å²) in [6.07, 6.45) is 2.23. The zero-order valence-corrected chi connectivity index (χ0v) is 11.0. The number of nitrogens with one attached hydrogen (secondary N) is 2. The second-order valence-corrected chi connectivity index (χ2v) is 4.46. The van der Waals surface area contributed by atoms with Crippen molar-refractivity contribution in [3.05, 3.63) is 0 Å². The Kier molecular flexibility index (Phi) is 7.16. The average molecular weight is 243 g/mol. The van der Waals surface area contributed by atoms with Crippen molar-refractivity contribution in [3.63, 3.8) is 0 Å². The Morgan fingerprint density at radius 2 is 2.41 bits per heavy atom. The fourth-order valence-corrected chi connectivity index (χ4v) is 2.16. The number of carbonyl (C=O) groups excluding carboxylic acids is 1. The third kappa shape index (κ3) is 5.48. The molecule has 0 aromatic carbocycles. The van der Waals surface area contributed by atoms with E-state index in [1.54, 1.807) is 7.11 Å². The molecule has 0 aliphatic carbocycles. The van der Waals surface area contributed by atoms with Gasteiger partial charge in [0.25, 0.3) is 0 Å². The summed E-state index contributed by atoms with van der Waals surface area (Å²) in [5.74, 6) is 0.0994. The van der Waals surface area contributed by atoms with Crippen LogP contribution in [0.4, 0.5) is 0 Å². The zero-order valence-electron chi connectivity index (χ0n) is 11.0. The van der Waals surface area contributed by atoms with Gasteiger partial charge in [0.05, 0.1) is 13.2 Å². The Morgan fingerprint density at radius 1 is 1.59 bits per heavy atom. The van der Waals surface area contributed by atoms with Crippen LogP contribution >= 0.6 is 0 Å². The molecule has 0 spiro atoms. The second kappa shape index (κ2) is 8.44. The highest BCUT2D eigenvalue weighted by molar-refractivity contribution is 5.78. The molecule has 1 aliphatic heterocycles.